The van der Waals surface area contributed by atoms with Crippen molar-refractivity contribution in [2.45, 2.75) is 6.04 Å². The van der Waals surface area contributed by atoms with Gasteiger partial charge in [0.15, 0.2) is 0 Å². The van der Waals surface area contributed by atoms with Crippen molar-refractivity contribution >= 4 is 28.6 Å². The van der Waals surface area contributed by atoms with Crippen LogP contribution >= 0.6 is 11.8 Å². The minimum Gasteiger partial charge on any atom is -0.468 e. The van der Waals surface area contributed by atoms with Crippen molar-refractivity contribution in [3.8, 4) is 0 Å². The number of aromatic amines is 1. The van der Waals surface area contributed by atoms with E-state index in [2.05, 4.69) is 15.2 Å². The van der Waals surface area contributed by atoms with Gasteiger partial charge in [0.2, 0.25) is 0 Å². The van der Waals surface area contributed by atoms with E-state index in [0.717, 1.165) is 41.3 Å². The van der Waals surface area contributed by atoms with Crippen LogP contribution in [-0.2, 0) is 0 Å². The summed E-state index contributed by atoms with van der Waals surface area (Å²) in [6.45, 7) is 2.56. The third kappa shape index (κ3) is 3.60. The topological polar surface area (TPSA) is 61.3 Å². The third-order valence-electron chi connectivity index (χ3n) is 4.59. The number of carbonyl (C=O) groups is 1. The Balaban J connectivity index is 1.47. The van der Waals surface area contributed by atoms with E-state index in [4.69, 9.17) is 4.42 Å². The Morgan fingerprint density at radius 3 is 2.84 bits per heavy atom. The third-order valence-corrected chi connectivity index (χ3v) is 5.53. The molecule has 0 saturated carbocycles. The van der Waals surface area contributed by atoms with Gasteiger partial charge in [-0.05, 0) is 24.3 Å². The van der Waals surface area contributed by atoms with Crippen molar-refractivity contribution in [3.63, 3.8) is 0 Å². The summed E-state index contributed by atoms with van der Waals surface area (Å²) in [6.07, 6.45) is 1.69. The summed E-state index contributed by atoms with van der Waals surface area (Å²) in [5.74, 6) is 3.06. The molecule has 0 unspecified atom stereocenters. The Morgan fingerprint density at radius 2 is 2.08 bits per heavy atom. The number of H-pyrrole nitrogens is 1. The summed E-state index contributed by atoms with van der Waals surface area (Å²) >= 11 is 1.97. The first-order chi connectivity index (χ1) is 12.3. The van der Waals surface area contributed by atoms with Gasteiger partial charge in [-0.25, -0.2) is 0 Å². The molecule has 3 aromatic rings. The lowest BCUT2D eigenvalue weighted by Crippen LogP contribution is -2.42. The molecule has 25 heavy (non-hydrogen) atoms. The number of para-hydroxylation sites is 1. The number of rotatable bonds is 5. The van der Waals surface area contributed by atoms with Crippen molar-refractivity contribution in [2.75, 3.05) is 31.1 Å². The molecule has 4 rings (SSSR count). The van der Waals surface area contributed by atoms with Gasteiger partial charge in [0, 0.05) is 42.0 Å². The Labute approximate surface area is 150 Å². The molecule has 0 bridgehead atoms. The summed E-state index contributed by atoms with van der Waals surface area (Å²) in [5, 5.41) is 4.11. The highest BCUT2D eigenvalue weighted by Gasteiger charge is 2.25. The summed E-state index contributed by atoms with van der Waals surface area (Å²) < 4.78 is 5.63. The van der Waals surface area contributed by atoms with E-state index in [0.29, 0.717) is 12.2 Å². The van der Waals surface area contributed by atoms with Crippen LogP contribution in [-0.4, -0.2) is 46.9 Å². The van der Waals surface area contributed by atoms with Crippen molar-refractivity contribution < 1.29 is 9.21 Å². The van der Waals surface area contributed by atoms with E-state index in [1.807, 2.05) is 54.2 Å². The first-order valence-electron chi connectivity index (χ1n) is 8.52. The molecular weight excluding hydrogens is 334 g/mol. The van der Waals surface area contributed by atoms with Crippen molar-refractivity contribution in [2.24, 2.45) is 0 Å². The fourth-order valence-electron chi connectivity index (χ4n) is 3.26. The second-order valence-corrected chi connectivity index (χ2v) is 7.38. The second kappa shape index (κ2) is 7.37. The molecule has 2 aromatic heterocycles. The summed E-state index contributed by atoms with van der Waals surface area (Å²) in [7, 11) is 0. The lowest BCUT2D eigenvalue weighted by atomic mass is 10.1. The van der Waals surface area contributed by atoms with Gasteiger partial charge in [-0.2, -0.15) is 11.8 Å². The quantitative estimate of drug-likeness (QED) is 0.737. The first kappa shape index (κ1) is 16.3. The molecule has 5 nitrogen and oxygen atoms in total. The highest BCUT2D eigenvalue weighted by Crippen LogP contribution is 2.24. The number of thioether (sulfide) groups is 1. The van der Waals surface area contributed by atoms with Gasteiger partial charge in [-0.15, -0.1) is 0 Å². The monoisotopic (exact) mass is 355 g/mol. The molecule has 1 aliphatic heterocycles. The van der Waals surface area contributed by atoms with Crippen LogP contribution in [0.25, 0.3) is 10.9 Å². The molecule has 1 atom stereocenters. The number of fused-ring (bicyclic) bond motifs is 1. The molecule has 1 aliphatic rings. The molecule has 1 aromatic carbocycles. The molecule has 1 fully saturated rings. The predicted octanol–water partition coefficient (Wildman–Crippen LogP) is 3.28. The van der Waals surface area contributed by atoms with E-state index in [9.17, 15) is 4.79 Å². The molecule has 2 N–H and O–H groups in total. The largest absolute Gasteiger partial charge is 0.468 e. The van der Waals surface area contributed by atoms with Gasteiger partial charge < -0.3 is 14.7 Å². The maximum Gasteiger partial charge on any atom is 0.267 e. The van der Waals surface area contributed by atoms with Crippen molar-refractivity contribution in [1.29, 1.82) is 0 Å². The fraction of sp³-hybridized carbons (Fsp3) is 0.316. The van der Waals surface area contributed by atoms with E-state index in [-0.39, 0.29) is 11.9 Å². The number of furan rings is 1. The molecule has 130 valence electrons. The van der Waals surface area contributed by atoms with Crippen LogP contribution < -0.4 is 5.32 Å². The Morgan fingerprint density at radius 1 is 1.24 bits per heavy atom. The molecule has 0 radical (unpaired) electrons. The maximum absolute atomic E-state index is 12.6. The molecule has 0 aliphatic carbocycles. The van der Waals surface area contributed by atoms with Crippen molar-refractivity contribution in [1.82, 2.24) is 15.2 Å². The number of nitrogens with one attached hydrogen (secondary N) is 2. The molecular formula is C19H21N3O2S. The number of hydrogen-bond acceptors (Lipinski definition) is 4. The van der Waals surface area contributed by atoms with Crippen LogP contribution in [0.4, 0.5) is 0 Å². The Hall–Kier alpha value is -2.18. The summed E-state index contributed by atoms with van der Waals surface area (Å²) in [4.78, 5) is 18.1. The van der Waals surface area contributed by atoms with Crippen molar-refractivity contribution in [3.05, 3.63) is 60.2 Å². The number of carbonyl (C=O) groups excluding carboxylic acids is 1. The molecule has 6 heteroatoms. The maximum atomic E-state index is 12.6. The van der Waals surface area contributed by atoms with Gasteiger partial charge in [-0.3, -0.25) is 9.69 Å². The molecule has 1 amide bonds. The standard InChI is InChI=1S/C19H21N3O2S/c23-19(16-12-14-4-1-2-5-15(14)21-16)20-13-17(18-6-3-9-24-18)22-7-10-25-11-8-22/h1-6,9,12,17,21H,7-8,10-11,13H2,(H,20,23)/t17-/m1/s1. The van der Waals surface area contributed by atoms with Gasteiger partial charge in [0.1, 0.15) is 11.5 Å². The van der Waals surface area contributed by atoms with Crippen LogP contribution in [0.2, 0.25) is 0 Å². The summed E-state index contributed by atoms with van der Waals surface area (Å²) in [5.41, 5.74) is 1.57. The fourth-order valence-corrected chi connectivity index (χ4v) is 4.19. The first-order valence-corrected chi connectivity index (χ1v) is 9.68. The predicted molar refractivity (Wildman–Crippen MR) is 101 cm³/mol. The van der Waals surface area contributed by atoms with E-state index in [1.165, 1.54) is 0 Å². The number of benzene rings is 1. The number of amides is 1. The number of hydrogen-bond donors (Lipinski definition) is 2. The lowest BCUT2D eigenvalue weighted by Gasteiger charge is -2.33. The van der Waals surface area contributed by atoms with Crippen LogP contribution in [0.5, 0.6) is 0 Å². The molecule has 1 saturated heterocycles. The average Bonchev–Trinajstić information content (AvgIpc) is 3.32. The smallest absolute Gasteiger partial charge is 0.267 e. The average molecular weight is 355 g/mol. The van der Waals surface area contributed by atoms with Crippen LogP contribution in [0.15, 0.2) is 53.1 Å². The van der Waals surface area contributed by atoms with E-state index < -0.39 is 0 Å². The highest BCUT2D eigenvalue weighted by molar-refractivity contribution is 7.99. The van der Waals surface area contributed by atoms with Crippen LogP contribution in [0.1, 0.15) is 22.3 Å². The second-order valence-electron chi connectivity index (χ2n) is 6.16. The highest BCUT2D eigenvalue weighted by atomic mass is 32.2. The van der Waals surface area contributed by atoms with Crippen LogP contribution in [0, 0.1) is 0 Å². The number of aromatic nitrogens is 1. The van der Waals surface area contributed by atoms with E-state index >= 15 is 0 Å². The van der Waals surface area contributed by atoms with Gasteiger partial charge in [0.25, 0.3) is 5.91 Å². The van der Waals surface area contributed by atoms with E-state index in [1.54, 1.807) is 6.26 Å². The zero-order chi connectivity index (χ0) is 17.1. The Bertz CT molecular complexity index is 804. The lowest BCUT2D eigenvalue weighted by molar-refractivity contribution is 0.0925. The SMILES string of the molecule is O=C(NC[C@H](c1ccco1)N1CCSCC1)c1cc2ccccc2[nH]1. The van der Waals surface area contributed by atoms with Gasteiger partial charge in [0.05, 0.1) is 12.3 Å². The van der Waals surface area contributed by atoms with Crippen LogP contribution in [0.3, 0.4) is 0 Å². The normalized spacial score (nSPS) is 16.8. The van der Waals surface area contributed by atoms with Gasteiger partial charge in [-0.1, -0.05) is 18.2 Å². The zero-order valence-corrected chi connectivity index (χ0v) is 14.7. The number of nitrogens with zero attached hydrogens (tertiary/aromatic N) is 1. The summed E-state index contributed by atoms with van der Waals surface area (Å²) in [6, 6.07) is 13.8. The minimum atomic E-state index is -0.0841. The Kier molecular flexibility index (Phi) is 4.81. The molecule has 0 spiro atoms. The minimum absolute atomic E-state index is 0.0734. The van der Waals surface area contributed by atoms with Gasteiger partial charge >= 0.3 is 0 Å². The zero-order valence-electron chi connectivity index (χ0n) is 13.9. The molecule has 3 heterocycles.